The normalized spacial score (nSPS) is 27.3. The second-order valence-corrected chi connectivity index (χ2v) is 11.5. The fourth-order valence-corrected chi connectivity index (χ4v) is 7.48. The van der Waals surface area contributed by atoms with E-state index in [2.05, 4.69) is 11.4 Å². The minimum Gasteiger partial charge on any atom is -0.353 e. The van der Waals surface area contributed by atoms with Crippen LogP contribution < -0.4 is 5.32 Å². The molecule has 0 aromatic heterocycles. The topological polar surface area (TPSA) is 88.4 Å². The Balaban J connectivity index is 1.59. The Morgan fingerprint density at radius 2 is 1.82 bits per heavy atom. The summed E-state index contributed by atoms with van der Waals surface area (Å²) >= 11 is 0. The molecule has 33 heavy (non-hydrogen) atoms. The minimum atomic E-state index is -3.55. The van der Waals surface area contributed by atoms with Crippen molar-refractivity contribution in [2.24, 2.45) is 0 Å². The van der Waals surface area contributed by atoms with Gasteiger partial charge in [0, 0.05) is 39.6 Å². The van der Waals surface area contributed by atoms with Crippen LogP contribution in [0.25, 0.3) is 0 Å². The maximum absolute atomic E-state index is 15.2. The van der Waals surface area contributed by atoms with E-state index >= 15 is 4.39 Å². The first kappa shape index (κ1) is 23.8. The molecular weight excluding hydrogens is 443 g/mol. The highest BCUT2D eigenvalue weighted by molar-refractivity contribution is 7.92. The highest BCUT2D eigenvalue weighted by Gasteiger charge is 2.57. The average molecular weight is 473 g/mol. The van der Waals surface area contributed by atoms with E-state index in [9.17, 15) is 13.7 Å². The van der Waals surface area contributed by atoms with Crippen LogP contribution >= 0.6 is 0 Å². The molecule has 4 rings (SSSR count). The molecule has 1 aliphatic heterocycles. The van der Waals surface area contributed by atoms with Gasteiger partial charge in [0.2, 0.25) is 0 Å². The molecule has 0 amide bonds. The summed E-state index contributed by atoms with van der Waals surface area (Å²) in [5.74, 6) is -1.34. The quantitative estimate of drug-likeness (QED) is 0.648. The summed E-state index contributed by atoms with van der Waals surface area (Å²) < 4.78 is 52.9. The number of benzene rings is 2. The van der Waals surface area contributed by atoms with Crippen LogP contribution in [0.4, 0.5) is 4.39 Å². The number of hydrogen-bond acceptors (Lipinski definition) is 6. The van der Waals surface area contributed by atoms with Gasteiger partial charge in [-0.25, -0.2) is 12.8 Å². The van der Waals surface area contributed by atoms with Crippen molar-refractivity contribution in [1.29, 1.82) is 5.26 Å². The van der Waals surface area contributed by atoms with E-state index in [1.54, 1.807) is 12.1 Å². The lowest BCUT2D eigenvalue weighted by Crippen LogP contribution is -2.56. The monoisotopic (exact) mass is 472 g/mol. The first-order valence-corrected chi connectivity index (χ1v) is 12.6. The molecule has 1 saturated carbocycles. The molecule has 0 spiro atoms. The van der Waals surface area contributed by atoms with Crippen molar-refractivity contribution in [1.82, 2.24) is 5.32 Å². The largest absolute Gasteiger partial charge is 0.353 e. The highest BCUT2D eigenvalue weighted by Crippen LogP contribution is 2.52. The molecule has 3 atom stereocenters. The lowest BCUT2D eigenvalue weighted by atomic mass is 9.61. The molecule has 6 nitrogen and oxygen atoms in total. The van der Waals surface area contributed by atoms with Gasteiger partial charge in [-0.1, -0.05) is 42.5 Å². The fourth-order valence-electron chi connectivity index (χ4n) is 5.12. The molecule has 0 radical (unpaired) electrons. The summed E-state index contributed by atoms with van der Waals surface area (Å²) in [5.41, 5.74) is 0.719. The Morgan fingerprint density at radius 1 is 1.15 bits per heavy atom. The number of ether oxygens (including phenoxy) is 2. The third-order valence-electron chi connectivity index (χ3n) is 7.30. The molecule has 1 heterocycles. The fraction of sp³-hybridized carbons (Fsp3) is 0.480. The summed E-state index contributed by atoms with van der Waals surface area (Å²) in [6, 6.07) is 15.8. The van der Waals surface area contributed by atoms with Crippen molar-refractivity contribution in [2.45, 2.75) is 53.9 Å². The molecular formula is C25H29FN2O4S. The first-order chi connectivity index (χ1) is 15.7. The van der Waals surface area contributed by atoms with E-state index in [1.165, 1.54) is 20.3 Å². The molecule has 2 aliphatic rings. The van der Waals surface area contributed by atoms with Crippen molar-refractivity contribution in [2.75, 3.05) is 20.8 Å². The maximum atomic E-state index is 15.2. The Labute approximate surface area is 194 Å². The Hall–Kier alpha value is -2.31. The van der Waals surface area contributed by atoms with E-state index in [4.69, 9.17) is 9.47 Å². The van der Waals surface area contributed by atoms with Crippen molar-refractivity contribution < 1.29 is 22.3 Å². The number of methoxy groups -OCH3 is 2. The van der Waals surface area contributed by atoms with Gasteiger partial charge in [-0.2, -0.15) is 5.26 Å². The van der Waals surface area contributed by atoms with E-state index in [0.29, 0.717) is 30.5 Å². The number of nitrogens with one attached hydrogen (secondary N) is 1. The number of nitrogens with zero attached hydrogens (tertiary/aromatic N) is 1. The van der Waals surface area contributed by atoms with Crippen LogP contribution in [0.1, 0.15) is 41.7 Å². The van der Waals surface area contributed by atoms with Gasteiger partial charge in [0.05, 0.1) is 22.0 Å². The molecule has 176 valence electrons. The number of nitriles is 1. The van der Waals surface area contributed by atoms with Crippen molar-refractivity contribution >= 4 is 9.84 Å². The lowest BCUT2D eigenvalue weighted by Gasteiger charge is -2.50. The van der Waals surface area contributed by atoms with Gasteiger partial charge in [-0.3, -0.25) is 0 Å². The molecule has 1 saturated heterocycles. The third kappa shape index (κ3) is 4.08. The number of rotatable bonds is 6. The van der Waals surface area contributed by atoms with Crippen LogP contribution in [-0.2, 0) is 31.1 Å². The van der Waals surface area contributed by atoms with Crippen LogP contribution in [0, 0.1) is 17.1 Å². The Kier molecular flexibility index (Phi) is 6.36. The molecule has 1 unspecified atom stereocenters. The standard InChI is InChI=1S/C25H29FN2O4S/c1-17-22(33(29,30)23(13-28-17)18-7-5-4-6-8-18)11-19-9-10-20(12-21(19)26)24(16-27)14-25(15-24,31-2)32-3/h4-10,12,17,22-23,28H,11,13-15H2,1-3H3/t17-,22?,23-/m0/s1. The van der Waals surface area contributed by atoms with E-state index in [0.717, 1.165) is 5.56 Å². The minimum absolute atomic E-state index is 0.0611. The van der Waals surface area contributed by atoms with Gasteiger partial charge < -0.3 is 14.8 Å². The van der Waals surface area contributed by atoms with Gasteiger partial charge in [-0.15, -0.1) is 0 Å². The summed E-state index contributed by atoms with van der Waals surface area (Å²) in [6.45, 7) is 2.15. The van der Waals surface area contributed by atoms with Gasteiger partial charge >= 0.3 is 0 Å². The number of hydrogen-bond donors (Lipinski definition) is 1. The molecule has 2 aromatic carbocycles. The smallest absolute Gasteiger partial charge is 0.171 e. The van der Waals surface area contributed by atoms with Crippen molar-refractivity contribution in [3.8, 4) is 6.07 Å². The Morgan fingerprint density at radius 3 is 2.39 bits per heavy atom. The summed E-state index contributed by atoms with van der Waals surface area (Å²) in [5, 5.41) is 11.7. The zero-order valence-electron chi connectivity index (χ0n) is 19.0. The Bertz CT molecular complexity index is 1150. The zero-order valence-corrected chi connectivity index (χ0v) is 19.9. The molecule has 2 aromatic rings. The lowest BCUT2D eigenvalue weighted by molar-refractivity contribution is -0.269. The summed E-state index contributed by atoms with van der Waals surface area (Å²) in [6.07, 6.45) is 0.670. The van der Waals surface area contributed by atoms with E-state index < -0.39 is 37.4 Å². The number of halogens is 1. The second kappa shape index (κ2) is 8.80. The van der Waals surface area contributed by atoms with Gasteiger partial charge in [0.15, 0.2) is 15.6 Å². The van der Waals surface area contributed by atoms with Gasteiger partial charge in [0.25, 0.3) is 0 Å². The molecule has 1 N–H and O–H groups in total. The molecule has 2 fully saturated rings. The molecule has 8 heteroatoms. The average Bonchev–Trinajstić information content (AvgIpc) is 2.78. The summed E-state index contributed by atoms with van der Waals surface area (Å²) in [4.78, 5) is 0. The van der Waals surface area contributed by atoms with Gasteiger partial charge in [0.1, 0.15) is 5.82 Å². The van der Waals surface area contributed by atoms with Crippen molar-refractivity contribution in [3.63, 3.8) is 0 Å². The first-order valence-electron chi connectivity index (χ1n) is 11.0. The van der Waals surface area contributed by atoms with E-state index in [1.807, 2.05) is 37.3 Å². The van der Waals surface area contributed by atoms with Crippen LogP contribution in [0.2, 0.25) is 0 Å². The van der Waals surface area contributed by atoms with Crippen LogP contribution in [0.15, 0.2) is 48.5 Å². The molecule has 1 aliphatic carbocycles. The predicted octanol–water partition coefficient (Wildman–Crippen LogP) is 3.43. The van der Waals surface area contributed by atoms with Crippen molar-refractivity contribution in [3.05, 3.63) is 71.0 Å². The highest BCUT2D eigenvalue weighted by atomic mass is 32.2. The van der Waals surface area contributed by atoms with Crippen LogP contribution in [0.3, 0.4) is 0 Å². The van der Waals surface area contributed by atoms with Crippen LogP contribution in [0.5, 0.6) is 0 Å². The maximum Gasteiger partial charge on any atom is 0.171 e. The second-order valence-electron chi connectivity index (χ2n) is 9.10. The predicted molar refractivity (Wildman–Crippen MR) is 123 cm³/mol. The SMILES string of the molecule is COC1(OC)CC(C#N)(c2ccc(CC3[C@H](C)NC[C@@H](c4ccccc4)S3(=O)=O)c(F)c2)C1. The zero-order chi connectivity index (χ0) is 23.9. The van der Waals surface area contributed by atoms with E-state index in [-0.39, 0.29) is 12.5 Å². The third-order valence-corrected chi connectivity index (χ3v) is 9.95. The summed E-state index contributed by atoms with van der Waals surface area (Å²) in [7, 11) is -0.505. The van der Waals surface area contributed by atoms with Gasteiger partial charge in [-0.05, 0) is 36.1 Å². The molecule has 0 bridgehead atoms. The van der Waals surface area contributed by atoms with Crippen LogP contribution in [-0.4, -0.2) is 46.3 Å². The number of sulfone groups is 1.